The molecule has 0 bridgehead atoms. The third-order valence-corrected chi connectivity index (χ3v) is 2.69. The fraction of sp³-hybridized carbons (Fsp3) is 0.500. The van der Waals surface area contributed by atoms with Gasteiger partial charge in [-0.2, -0.15) is 0 Å². The zero-order chi connectivity index (χ0) is 11.6. The Morgan fingerprint density at radius 2 is 1.94 bits per heavy atom. The SMILES string of the molecule is CC(C)(C)c1ccc(CC2N=[N+]=NN2)cc1. The van der Waals surface area contributed by atoms with Gasteiger partial charge < -0.3 is 0 Å². The summed E-state index contributed by atoms with van der Waals surface area (Å²) in [6.07, 6.45) is 0.831. The summed E-state index contributed by atoms with van der Waals surface area (Å²) in [6, 6.07) is 8.66. The molecule has 1 aromatic rings. The van der Waals surface area contributed by atoms with Crippen molar-refractivity contribution in [2.24, 2.45) is 10.3 Å². The van der Waals surface area contributed by atoms with Crippen LogP contribution >= 0.6 is 0 Å². The molecule has 0 amide bonds. The molecule has 0 fully saturated rings. The van der Waals surface area contributed by atoms with Gasteiger partial charge in [0, 0.05) is 6.42 Å². The van der Waals surface area contributed by atoms with Crippen LogP contribution in [-0.4, -0.2) is 6.17 Å². The second-order valence-electron chi connectivity index (χ2n) is 5.10. The monoisotopic (exact) mass is 217 g/mol. The van der Waals surface area contributed by atoms with Crippen LogP contribution in [0.2, 0.25) is 0 Å². The zero-order valence-electron chi connectivity index (χ0n) is 9.94. The topological polar surface area (TPSA) is 50.9 Å². The highest BCUT2D eigenvalue weighted by Crippen LogP contribution is 2.22. The molecule has 1 aliphatic rings. The molecule has 0 spiro atoms. The quantitative estimate of drug-likeness (QED) is 0.759. The van der Waals surface area contributed by atoms with Gasteiger partial charge in [0.2, 0.25) is 5.22 Å². The Labute approximate surface area is 95.5 Å². The van der Waals surface area contributed by atoms with Crippen molar-refractivity contribution in [3.63, 3.8) is 0 Å². The van der Waals surface area contributed by atoms with Gasteiger partial charge in [0.15, 0.2) is 0 Å². The number of benzene rings is 1. The molecule has 2 rings (SSSR count). The molecule has 1 aromatic carbocycles. The standard InChI is InChI=1S/C12H16N4/c1-12(2,3)10-6-4-9(5-7-10)8-11-13-15-16-14-11/h4-7,11H,8H2,1-3H3/p+1. The summed E-state index contributed by atoms with van der Waals surface area (Å²) in [5, 5.41) is 7.58. The Morgan fingerprint density at radius 1 is 1.25 bits per heavy atom. The van der Waals surface area contributed by atoms with Crippen molar-refractivity contribution in [1.82, 2.24) is 10.3 Å². The highest BCUT2D eigenvalue weighted by atomic mass is 15.5. The lowest BCUT2D eigenvalue weighted by atomic mass is 9.86. The first-order valence-electron chi connectivity index (χ1n) is 5.50. The second-order valence-corrected chi connectivity index (χ2v) is 5.10. The third kappa shape index (κ3) is 2.47. The maximum atomic E-state index is 3.95. The second kappa shape index (κ2) is 4.06. The molecule has 1 N–H and O–H groups in total. The molecule has 1 heterocycles. The normalized spacial score (nSPS) is 18.8. The van der Waals surface area contributed by atoms with E-state index in [9.17, 15) is 0 Å². The maximum absolute atomic E-state index is 3.95. The van der Waals surface area contributed by atoms with Crippen LogP contribution in [0.1, 0.15) is 31.9 Å². The smallest absolute Gasteiger partial charge is 0.137 e. The highest BCUT2D eigenvalue weighted by molar-refractivity contribution is 5.27. The minimum absolute atomic E-state index is 0.000451. The van der Waals surface area contributed by atoms with Crippen LogP contribution in [0, 0.1) is 0 Å². The van der Waals surface area contributed by atoms with Gasteiger partial charge in [-0.1, -0.05) is 45.0 Å². The predicted octanol–water partition coefficient (Wildman–Crippen LogP) is 2.34. The van der Waals surface area contributed by atoms with E-state index in [2.05, 4.69) is 65.7 Å². The Bertz CT molecular complexity index is 421. The summed E-state index contributed by atoms with van der Waals surface area (Å²) in [6.45, 7) is 6.65. The van der Waals surface area contributed by atoms with Crippen molar-refractivity contribution in [3.8, 4) is 0 Å². The van der Waals surface area contributed by atoms with Crippen LogP contribution < -0.4 is 10.3 Å². The van der Waals surface area contributed by atoms with Crippen molar-refractivity contribution >= 4 is 0 Å². The van der Waals surface area contributed by atoms with E-state index in [0.717, 1.165) is 6.42 Å². The summed E-state index contributed by atoms with van der Waals surface area (Å²) in [5.41, 5.74) is 5.65. The van der Waals surface area contributed by atoms with E-state index in [1.54, 1.807) is 0 Å². The summed E-state index contributed by atoms with van der Waals surface area (Å²) in [4.78, 5) is 3.56. The van der Waals surface area contributed by atoms with Crippen molar-refractivity contribution in [1.29, 1.82) is 0 Å². The number of nitrogens with zero attached hydrogens (tertiary/aromatic N) is 3. The van der Waals surface area contributed by atoms with Crippen LogP contribution in [0.3, 0.4) is 0 Å². The van der Waals surface area contributed by atoms with Gasteiger partial charge in [0.1, 0.15) is 0 Å². The minimum atomic E-state index is 0.000451. The molecule has 1 atom stereocenters. The van der Waals surface area contributed by atoms with Gasteiger partial charge in [0.25, 0.3) is 6.17 Å². The zero-order valence-corrected chi connectivity index (χ0v) is 9.94. The molecular weight excluding hydrogens is 200 g/mol. The van der Waals surface area contributed by atoms with E-state index in [-0.39, 0.29) is 11.6 Å². The van der Waals surface area contributed by atoms with Crippen molar-refractivity contribution in [3.05, 3.63) is 35.4 Å². The van der Waals surface area contributed by atoms with E-state index in [0.29, 0.717) is 0 Å². The first-order chi connectivity index (χ1) is 7.55. The largest absolute Gasteiger partial charge is 0.266 e. The average Bonchev–Trinajstić information content (AvgIpc) is 2.70. The van der Waals surface area contributed by atoms with E-state index >= 15 is 0 Å². The van der Waals surface area contributed by atoms with Gasteiger partial charge in [-0.05, 0) is 16.5 Å². The first kappa shape index (κ1) is 10.8. The van der Waals surface area contributed by atoms with Crippen molar-refractivity contribution in [2.45, 2.75) is 38.8 Å². The summed E-state index contributed by atoms with van der Waals surface area (Å²) < 4.78 is 0. The van der Waals surface area contributed by atoms with E-state index in [1.165, 1.54) is 11.1 Å². The first-order valence-corrected chi connectivity index (χ1v) is 5.50. The van der Waals surface area contributed by atoms with Gasteiger partial charge in [-0.25, -0.2) is 0 Å². The summed E-state index contributed by atoms with van der Waals surface area (Å²) in [5.74, 6) is 0. The Morgan fingerprint density at radius 3 is 2.44 bits per heavy atom. The highest BCUT2D eigenvalue weighted by Gasteiger charge is 2.19. The van der Waals surface area contributed by atoms with Gasteiger partial charge in [-0.15, -0.1) is 5.43 Å². The van der Waals surface area contributed by atoms with Gasteiger partial charge >= 0.3 is 0 Å². The Kier molecular flexibility index (Phi) is 2.75. The number of hydrogen-bond acceptors (Lipinski definition) is 3. The van der Waals surface area contributed by atoms with Crippen LogP contribution in [0.5, 0.6) is 0 Å². The molecule has 4 nitrogen and oxygen atoms in total. The van der Waals surface area contributed by atoms with Crippen LogP contribution in [-0.2, 0) is 11.8 Å². The summed E-state index contributed by atoms with van der Waals surface area (Å²) >= 11 is 0. The molecule has 0 saturated heterocycles. The molecule has 84 valence electrons. The molecule has 0 aromatic heterocycles. The van der Waals surface area contributed by atoms with Crippen LogP contribution in [0.25, 0.3) is 0 Å². The molecule has 0 aliphatic carbocycles. The third-order valence-electron chi connectivity index (χ3n) is 2.69. The van der Waals surface area contributed by atoms with E-state index in [4.69, 9.17) is 0 Å². The summed E-state index contributed by atoms with van der Waals surface area (Å²) in [7, 11) is 0. The molecule has 1 unspecified atom stereocenters. The fourth-order valence-corrected chi connectivity index (χ4v) is 1.66. The maximum Gasteiger partial charge on any atom is 0.266 e. The number of nitrogens with one attached hydrogen (secondary N) is 1. The Hall–Kier alpha value is -1.67. The average molecular weight is 217 g/mol. The fourth-order valence-electron chi connectivity index (χ4n) is 1.66. The van der Waals surface area contributed by atoms with Crippen LogP contribution in [0.15, 0.2) is 34.6 Å². The van der Waals surface area contributed by atoms with Gasteiger partial charge in [0.05, 0.1) is 10.0 Å². The number of hydrogen-bond donors (Lipinski definition) is 1. The number of rotatable bonds is 2. The molecule has 4 heteroatoms. The minimum Gasteiger partial charge on any atom is -0.137 e. The lowest BCUT2D eigenvalue weighted by Crippen LogP contribution is -2.20. The molecular formula is C12H17N4+. The lowest BCUT2D eigenvalue weighted by Gasteiger charge is -2.19. The molecule has 0 saturated carbocycles. The predicted molar refractivity (Wildman–Crippen MR) is 62.8 cm³/mol. The van der Waals surface area contributed by atoms with E-state index < -0.39 is 0 Å². The van der Waals surface area contributed by atoms with E-state index in [1.807, 2.05) is 0 Å². The molecule has 1 aliphatic heterocycles. The van der Waals surface area contributed by atoms with Gasteiger partial charge in [-0.3, -0.25) is 0 Å². The lowest BCUT2D eigenvalue weighted by molar-refractivity contribution is 0.574. The molecule has 16 heavy (non-hydrogen) atoms. The van der Waals surface area contributed by atoms with Crippen molar-refractivity contribution in [2.75, 3.05) is 0 Å². The molecule has 0 radical (unpaired) electrons. The van der Waals surface area contributed by atoms with Crippen molar-refractivity contribution < 1.29 is 0 Å². The van der Waals surface area contributed by atoms with Crippen LogP contribution in [0.4, 0.5) is 0 Å². The Balaban J connectivity index is 2.05.